The number of halogens is 1. The summed E-state index contributed by atoms with van der Waals surface area (Å²) in [4.78, 5) is 12.1. The number of benzene rings is 2. The zero-order chi connectivity index (χ0) is 18.2. The fourth-order valence-electron chi connectivity index (χ4n) is 2.29. The van der Waals surface area contributed by atoms with Crippen LogP contribution in [0.4, 0.5) is 0 Å². The molecule has 5 heteroatoms. The molecule has 1 atom stereocenters. The summed E-state index contributed by atoms with van der Waals surface area (Å²) in [7, 11) is 0. The molecule has 0 spiro atoms. The van der Waals surface area contributed by atoms with E-state index in [0.717, 1.165) is 17.1 Å². The van der Waals surface area contributed by atoms with E-state index in [2.05, 4.69) is 30.4 Å². The molecule has 0 aliphatic heterocycles. The highest BCUT2D eigenvalue weighted by molar-refractivity contribution is 7.98. The van der Waals surface area contributed by atoms with Crippen molar-refractivity contribution in [2.75, 3.05) is 12.3 Å². The minimum Gasteiger partial charge on any atom is -0.481 e. The normalized spacial score (nSPS) is 11.8. The molecule has 25 heavy (non-hydrogen) atoms. The van der Waals surface area contributed by atoms with Gasteiger partial charge in [0.2, 0.25) is 0 Å². The third-order valence-corrected chi connectivity index (χ3v) is 5.31. The maximum Gasteiger partial charge on any atom is 0.260 e. The van der Waals surface area contributed by atoms with Crippen LogP contribution in [-0.2, 0) is 10.5 Å². The molecular weight excluding hydrogens is 354 g/mol. The molecule has 0 radical (unpaired) electrons. The van der Waals surface area contributed by atoms with E-state index in [1.807, 2.05) is 30.8 Å². The van der Waals surface area contributed by atoms with Gasteiger partial charge in [-0.25, -0.2) is 0 Å². The highest BCUT2D eigenvalue weighted by Gasteiger charge is 2.14. The first kappa shape index (κ1) is 19.7. The summed E-state index contributed by atoms with van der Waals surface area (Å²) < 4.78 is 5.68. The first-order chi connectivity index (χ1) is 12.0. The minimum atomic E-state index is -0.540. The molecule has 1 amide bonds. The summed E-state index contributed by atoms with van der Waals surface area (Å²) in [6.07, 6.45) is -0.540. The molecule has 0 saturated carbocycles. The number of nitrogens with one attached hydrogen (secondary N) is 1. The van der Waals surface area contributed by atoms with Crippen LogP contribution in [0.5, 0.6) is 5.75 Å². The second-order valence-corrected chi connectivity index (χ2v) is 7.45. The van der Waals surface area contributed by atoms with Crippen LogP contribution in [0.1, 0.15) is 23.6 Å². The zero-order valence-electron chi connectivity index (χ0n) is 14.8. The summed E-state index contributed by atoms with van der Waals surface area (Å²) in [6, 6.07) is 13.8. The first-order valence-corrected chi connectivity index (χ1v) is 9.83. The van der Waals surface area contributed by atoms with Crippen LogP contribution in [0.2, 0.25) is 5.02 Å². The largest absolute Gasteiger partial charge is 0.481 e. The first-order valence-electron chi connectivity index (χ1n) is 8.30. The molecule has 3 nitrogen and oxygen atoms in total. The molecule has 2 aromatic rings. The molecule has 0 bridgehead atoms. The van der Waals surface area contributed by atoms with Gasteiger partial charge in [-0.05, 0) is 55.7 Å². The average molecular weight is 378 g/mol. The second kappa shape index (κ2) is 9.73. The van der Waals surface area contributed by atoms with Crippen molar-refractivity contribution in [1.82, 2.24) is 5.32 Å². The van der Waals surface area contributed by atoms with Crippen LogP contribution < -0.4 is 10.1 Å². The molecule has 0 fully saturated rings. The number of aryl methyl sites for hydroxylation is 2. The summed E-state index contributed by atoms with van der Waals surface area (Å²) >= 11 is 7.81. The van der Waals surface area contributed by atoms with E-state index >= 15 is 0 Å². The van der Waals surface area contributed by atoms with Crippen molar-refractivity contribution >= 4 is 29.3 Å². The van der Waals surface area contributed by atoms with Gasteiger partial charge in [0.1, 0.15) is 5.75 Å². The van der Waals surface area contributed by atoms with Gasteiger partial charge in [0.15, 0.2) is 6.10 Å². The van der Waals surface area contributed by atoms with Gasteiger partial charge in [-0.15, -0.1) is 0 Å². The fraction of sp³-hybridized carbons (Fsp3) is 0.350. The van der Waals surface area contributed by atoms with Gasteiger partial charge in [0.05, 0.1) is 0 Å². The van der Waals surface area contributed by atoms with Gasteiger partial charge in [0.25, 0.3) is 5.91 Å². The quantitative estimate of drug-likeness (QED) is 0.673. The lowest BCUT2D eigenvalue weighted by molar-refractivity contribution is -0.127. The van der Waals surface area contributed by atoms with Gasteiger partial charge < -0.3 is 10.1 Å². The lowest BCUT2D eigenvalue weighted by Gasteiger charge is -2.15. The van der Waals surface area contributed by atoms with Crippen molar-refractivity contribution in [3.05, 3.63) is 64.2 Å². The Bertz CT molecular complexity index is 721. The predicted octanol–water partition coefficient (Wildman–Crippen LogP) is 4.77. The van der Waals surface area contributed by atoms with Crippen LogP contribution in [0.3, 0.4) is 0 Å². The number of thioether (sulfide) groups is 1. The standard InChI is InChI=1S/C20H24ClNO2S/c1-14-6-4-5-7-17(14)13-25-11-10-22-20(23)16(3)24-18-8-9-19(21)15(2)12-18/h4-9,12,16H,10-11,13H2,1-3H3,(H,22,23)/t16-/m1/s1. The van der Waals surface area contributed by atoms with Crippen molar-refractivity contribution < 1.29 is 9.53 Å². The Morgan fingerprint density at radius 2 is 1.96 bits per heavy atom. The molecule has 0 heterocycles. The Kier molecular flexibility index (Phi) is 7.66. The summed E-state index contributed by atoms with van der Waals surface area (Å²) in [5.74, 6) is 2.37. The van der Waals surface area contributed by atoms with Crippen molar-refractivity contribution in [1.29, 1.82) is 0 Å². The van der Waals surface area contributed by atoms with E-state index in [-0.39, 0.29) is 5.91 Å². The smallest absolute Gasteiger partial charge is 0.260 e. The van der Waals surface area contributed by atoms with Crippen LogP contribution in [0.15, 0.2) is 42.5 Å². The molecule has 0 saturated heterocycles. The molecule has 0 aliphatic rings. The molecule has 2 rings (SSSR count). The predicted molar refractivity (Wildman–Crippen MR) is 107 cm³/mol. The van der Waals surface area contributed by atoms with Crippen LogP contribution in [0.25, 0.3) is 0 Å². The molecule has 0 unspecified atom stereocenters. The van der Waals surface area contributed by atoms with E-state index in [1.165, 1.54) is 11.1 Å². The van der Waals surface area contributed by atoms with Crippen LogP contribution in [0, 0.1) is 13.8 Å². The maximum atomic E-state index is 12.1. The van der Waals surface area contributed by atoms with Gasteiger partial charge in [-0.3, -0.25) is 4.79 Å². The summed E-state index contributed by atoms with van der Waals surface area (Å²) in [6.45, 7) is 6.41. The van der Waals surface area contributed by atoms with E-state index in [9.17, 15) is 4.79 Å². The molecular formula is C20H24ClNO2S. The van der Waals surface area contributed by atoms with Crippen molar-refractivity contribution in [3.8, 4) is 5.75 Å². The highest BCUT2D eigenvalue weighted by Crippen LogP contribution is 2.22. The van der Waals surface area contributed by atoms with Gasteiger partial charge in [-0.1, -0.05) is 35.9 Å². The minimum absolute atomic E-state index is 0.107. The lowest BCUT2D eigenvalue weighted by Crippen LogP contribution is -2.37. The second-order valence-electron chi connectivity index (χ2n) is 5.94. The summed E-state index contributed by atoms with van der Waals surface area (Å²) in [5, 5.41) is 3.61. The van der Waals surface area contributed by atoms with Gasteiger partial charge >= 0.3 is 0 Å². The maximum absolute atomic E-state index is 12.1. The van der Waals surface area contributed by atoms with Crippen molar-refractivity contribution in [3.63, 3.8) is 0 Å². The average Bonchev–Trinajstić information content (AvgIpc) is 2.59. The van der Waals surface area contributed by atoms with E-state index < -0.39 is 6.10 Å². The van der Waals surface area contributed by atoms with Crippen LogP contribution in [-0.4, -0.2) is 24.3 Å². The van der Waals surface area contributed by atoms with Gasteiger partial charge in [0, 0.05) is 23.1 Å². The third-order valence-electron chi connectivity index (χ3n) is 3.88. The molecule has 134 valence electrons. The van der Waals surface area contributed by atoms with Crippen molar-refractivity contribution in [2.45, 2.75) is 32.6 Å². The number of amides is 1. The van der Waals surface area contributed by atoms with Crippen molar-refractivity contribution in [2.24, 2.45) is 0 Å². The zero-order valence-corrected chi connectivity index (χ0v) is 16.4. The molecule has 0 aromatic heterocycles. The molecule has 1 N–H and O–H groups in total. The number of carbonyl (C=O) groups excluding carboxylic acids is 1. The Labute approximate surface area is 159 Å². The molecule has 2 aromatic carbocycles. The number of hydrogen-bond donors (Lipinski definition) is 1. The SMILES string of the molecule is Cc1cc(O[C@H](C)C(=O)NCCSCc2ccccc2C)ccc1Cl. The Morgan fingerprint density at radius 3 is 2.68 bits per heavy atom. The Morgan fingerprint density at radius 1 is 1.20 bits per heavy atom. The van der Waals surface area contributed by atoms with Crippen LogP contribution >= 0.6 is 23.4 Å². The topological polar surface area (TPSA) is 38.3 Å². The van der Waals surface area contributed by atoms with E-state index in [4.69, 9.17) is 16.3 Å². The Balaban J connectivity index is 1.69. The van der Waals surface area contributed by atoms with E-state index in [1.54, 1.807) is 19.1 Å². The highest BCUT2D eigenvalue weighted by atomic mass is 35.5. The fourth-order valence-corrected chi connectivity index (χ4v) is 3.34. The van der Waals surface area contributed by atoms with Gasteiger partial charge in [-0.2, -0.15) is 11.8 Å². The number of carbonyl (C=O) groups is 1. The summed E-state index contributed by atoms with van der Waals surface area (Å²) in [5.41, 5.74) is 3.58. The number of ether oxygens (including phenoxy) is 1. The lowest BCUT2D eigenvalue weighted by atomic mass is 10.1. The monoisotopic (exact) mass is 377 g/mol. The number of rotatable bonds is 8. The number of hydrogen-bond acceptors (Lipinski definition) is 3. The Hall–Kier alpha value is -1.65. The third kappa shape index (κ3) is 6.29. The molecule has 0 aliphatic carbocycles. The van der Waals surface area contributed by atoms with E-state index in [0.29, 0.717) is 17.3 Å².